The molecule has 0 aromatic heterocycles. The molecule has 7 heteroatoms. The van der Waals surface area contributed by atoms with Crippen molar-refractivity contribution in [2.24, 2.45) is 23.7 Å². The Kier molecular flexibility index (Phi) is 3.43. The summed E-state index contributed by atoms with van der Waals surface area (Å²) >= 11 is 7.30. The Balaban J connectivity index is 1.68. The molecule has 0 unspecified atom stereocenters. The Bertz CT molecular complexity index is 687. The molecule has 6 atom stereocenters. The largest absolute Gasteiger partial charge is 0.478 e. The number of aromatic carboxylic acids is 1. The molecule has 2 aliphatic carbocycles. The van der Waals surface area contributed by atoms with Crippen LogP contribution in [-0.4, -0.2) is 32.5 Å². The Labute approximate surface area is 149 Å². The van der Waals surface area contributed by atoms with Gasteiger partial charge in [-0.2, -0.15) is 0 Å². The van der Waals surface area contributed by atoms with Gasteiger partial charge >= 0.3 is 5.97 Å². The van der Waals surface area contributed by atoms with E-state index < -0.39 is 5.97 Å². The second kappa shape index (κ2) is 5.14. The minimum Gasteiger partial charge on any atom is -0.478 e. The number of benzene rings is 1. The molecular weight excluding hydrogens is 430 g/mol. The van der Waals surface area contributed by atoms with Gasteiger partial charge in [0, 0.05) is 9.65 Å². The topological polar surface area (TPSA) is 74.7 Å². The normalized spacial score (nSPS) is 38.3. The number of anilines is 1. The monoisotopic (exact) mass is 441 g/mol. The average molecular weight is 443 g/mol. The third kappa shape index (κ3) is 1.99. The molecule has 3 fully saturated rings. The zero-order valence-electron chi connectivity index (χ0n) is 11.9. The molecule has 2 amide bonds. The van der Waals surface area contributed by atoms with Gasteiger partial charge in [-0.15, -0.1) is 0 Å². The number of halogens is 2. The molecule has 1 N–H and O–H groups in total. The predicted molar refractivity (Wildman–Crippen MR) is 89.9 cm³/mol. The molecular formula is C16H13Br2NO4. The zero-order valence-corrected chi connectivity index (χ0v) is 15.0. The fourth-order valence-electron chi connectivity index (χ4n) is 4.36. The third-order valence-electron chi connectivity index (χ3n) is 5.36. The van der Waals surface area contributed by atoms with E-state index in [9.17, 15) is 14.4 Å². The van der Waals surface area contributed by atoms with Gasteiger partial charge in [-0.25, -0.2) is 4.79 Å². The highest BCUT2D eigenvalue weighted by atomic mass is 79.9. The number of carbonyl (C=O) groups is 3. The maximum atomic E-state index is 12.8. The summed E-state index contributed by atoms with van der Waals surface area (Å²) < 4.78 is 0. The summed E-state index contributed by atoms with van der Waals surface area (Å²) in [5.74, 6) is -1.51. The van der Waals surface area contributed by atoms with E-state index in [-0.39, 0.29) is 50.7 Å². The average Bonchev–Trinajstić information content (AvgIpc) is 3.12. The number of imide groups is 1. The fourth-order valence-corrected chi connectivity index (χ4v) is 6.23. The van der Waals surface area contributed by atoms with Gasteiger partial charge in [-0.1, -0.05) is 31.9 Å². The molecule has 2 saturated carbocycles. The van der Waals surface area contributed by atoms with Crippen molar-refractivity contribution in [2.45, 2.75) is 16.1 Å². The van der Waals surface area contributed by atoms with Gasteiger partial charge in [0.15, 0.2) is 0 Å². The van der Waals surface area contributed by atoms with Crippen molar-refractivity contribution in [1.29, 1.82) is 0 Å². The van der Waals surface area contributed by atoms with Gasteiger partial charge < -0.3 is 5.11 Å². The lowest BCUT2D eigenvalue weighted by molar-refractivity contribution is -0.123. The van der Waals surface area contributed by atoms with E-state index in [2.05, 4.69) is 31.9 Å². The maximum Gasteiger partial charge on any atom is 0.335 e. The Morgan fingerprint density at radius 3 is 1.91 bits per heavy atom. The predicted octanol–water partition coefficient (Wildman–Crippen LogP) is 2.67. The number of nitrogens with zero attached hydrogens (tertiary/aromatic N) is 1. The first kappa shape index (κ1) is 15.3. The van der Waals surface area contributed by atoms with Crippen molar-refractivity contribution in [3.05, 3.63) is 29.8 Å². The lowest BCUT2D eigenvalue weighted by Gasteiger charge is -2.28. The Hall–Kier alpha value is -1.21. The standard InChI is InChI=1S/C16H13Br2NO4/c17-12-8-5-9(13(12)18)11-10(8)14(20)19(15(11)21)7-3-1-6(2-4-7)16(22)23/h1-4,8-13H,5H2,(H,22,23)/t8-,9+,10+,11-,12+,13-. The molecule has 120 valence electrons. The number of carbonyl (C=O) groups excluding carboxylic acids is 2. The minimum atomic E-state index is -1.03. The van der Waals surface area contributed by atoms with Gasteiger partial charge in [0.1, 0.15) is 0 Å². The van der Waals surface area contributed by atoms with E-state index >= 15 is 0 Å². The second-order valence-electron chi connectivity index (χ2n) is 6.37. The summed E-state index contributed by atoms with van der Waals surface area (Å²) in [6.45, 7) is 0. The van der Waals surface area contributed by atoms with E-state index in [0.29, 0.717) is 5.69 Å². The number of carboxylic acids is 1. The molecule has 23 heavy (non-hydrogen) atoms. The zero-order chi connectivity index (χ0) is 16.5. The second-order valence-corrected chi connectivity index (χ2v) is 8.48. The molecule has 1 heterocycles. The van der Waals surface area contributed by atoms with Crippen molar-refractivity contribution in [3.8, 4) is 0 Å². The number of hydrogen-bond donors (Lipinski definition) is 1. The first-order valence-corrected chi connectivity index (χ1v) is 9.24. The Morgan fingerprint density at radius 1 is 1.00 bits per heavy atom. The number of rotatable bonds is 2. The van der Waals surface area contributed by atoms with Crippen LogP contribution in [0.15, 0.2) is 24.3 Å². The number of amides is 2. The fraction of sp³-hybridized carbons (Fsp3) is 0.438. The molecule has 1 aromatic rings. The smallest absolute Gasteiger partial charge is 0.335 e. The molecule has 1 saturated heterocycles. The summed E-state index contributed by atoms with van der Waals surface area (Å²) in [4.78, 5) is 38.2. The first-order valence-electron chi connectivity index (χ1n) is 7.41. The van der Waals surface area contributed by atoms with Gasteiger partial charge in [0.05, 0.1) is 23.1 Å². The summed E-state index contributed by atoms with van der Waals surface area (Å²) in [5.41, 5.74) is 0.588. The Morgan fingerprint density at radius 2 is 1.48 bits per heavy atom. The highest BCUT2D eigenvalue weighted by Crippen LogP contribution is 2.60. The van der Waals surface area contributed by atoms with Gasteiger partial charge in [0.2, 0.25) is 11.8 Å². The number of alkyl halides is 2. The van der Waals surface area contributed by atoms with E-state index in [1.807, 2.05) is 0 Å². The van der Waals surface area contributed by atoms with Crippen LogP contribution in [0.25, 0.3) is 0 Å². The molecule has 3 aliphatic rings. The summed E-state index contributed by atoms with van der Waals surface area (Å²) in [5, 5.41) is 8.95. The maximum absolute atomic E-state index is 12.8. The van der Waals surface area contributed by atoms with E-state index in [1.54, 1.807) is 0 Å². The molecule has 1 aliphatic heterocycles. The molecule has 5 nitrogen and oxygen atoms in total. The van der Waals surface area contributed by atoms with Crippen molar-refractivity contribution < 1.29 is 19.5 Å². The molecule has 4 rings (SSSR count). The van der Waals surface area contributed by atoms with Gasteiger partial charge in [0.25, 0.3) is 0 Å². The van der Waals surface area contributed by atoms with Crippen LogP contribution < -0.4 is 4.90 Å². The lowest BCUT2D eigenvalue weighted by atomic mass is 9.81. The van der Waals surface area contributed by atoms with E-state index in [4.69, 9.17) is 5.11 Å². The van der Waals surface area contributed by atoms with E-state index in [0.717, 1.165) is 6.42 Å². The van der Waals surface area contributed by atoms with Crippen LogP contribution in [0, 0.1) is 23.7 Å². The summed E-state index contributed by atoms with van der Waals surface area (Å²) in [7, 11) is 0. The quantitative estimate of drug-likeness (QED) is 0.564. The summed E-state index contributed by atoms with van der Waals surface area (Å²) in [6, 6.07) is 5.89. The number of carboxylic acid groups (broad SMARTS) is 1. The molecule has 2 bridgehead atoms. The van der Waals surface area contributed by atoms with Crippen molar-refractivity contribution in [3.63, 3.8) is 0 Å². The highest BCUT2D eigenvalue weighted by Gasteiger charge is 2.66. The van der Waals surface area contributed by atoms with Crippen LogP contribution in [0.3, 0.4) is 0 Å². The van der Waals surface area contributed by atoms with Crippen molar-refractivity contribution in [1.82, 2.24) is 0 Å². The minimum absolute atomic E-state index is 0.133. The number of hydrogen-bond acceptors (Lipinski definition) is 3. The van der Waals surface area contributed by atoms with Crippen molar-refractivity contribution in [2.75, 3.05) is 4.90 Å². The summed E-state index contributed by atoms with van der Waals surface area (Å²) in [6.07, 6.45) is 0.893. The van der Waals surface area contributed by atoms with Gasteiger partial charge in [-0.3, -0.25) is 14.5 Å². The molecule has 0 spiro atoms. The first-order chi connectivity index (χ1) is 10.9. The highest BCUT2D eigenvalue weighted by molar-refractivity contribution is 9.12. The van der Waals surface area contributed by atoms with Gasteiger partial charge in [-0.05, 0) is 42.5 Å². The van der Waals surface area contributed by atoms with Crippen molar-refractivity contribution >= 4 is 55.3 Å². The van der Waals surface area contributed by atoms with Crippen LogP contribution in [0.1, 0.15) is 16.8 Å². The lowest BCUT2D eigenvalue weighted by Crippen LogP contribution is -2.37. The molecule has 1 aromatic carbocycles. The van der Waals surface area contributed by atoms with Crippen LogP contribution in [0.2, 0.25) is 0 Å². The van der Waals surface area contributed by atoms with Crippen LogP contribution in [0.4, 0.5) is 5.69 Å². The van der Waals surface area contributed by atoms with Crippen LogP contribution in [0.5, 0.6) is 0 Å². The SMILES string of the molecule is O=C(O)c1ccc(N2C(=O)[C@@H]3[C@@H]4C[C@@H]([C@H](Br)[C@@H]4Br)[C@@H]3C2=O)cc1. The van der Waals surface area contributed by atoms with Crippen LogP contribution >= 0.6 is 31.9 Å². The molecule has 0 radical (unpaired) electrons. The van der Waals surface area contributed by atoms with E-state index in [1.165, 1.54) is 29.2 Å². The third-order valence-corrected chi connectivity index (χ3v) is 8.57. The number of fused-ring (bicyclic) bond motifs is 5. The van der Waals surface area contributed by atoms with Crippen LogP contribution in [-0.2, 0) is 9.59 Å².